The van der Waals surface area contributed by atoms with Crippen molar-refractivity contribution in [3.8, 4) is 5.75 Å². The number of rotatable bonds is 6. The Kier molecular flexibility index (Phi) is 7.47. The second-order valence-electron chi connectivity index (χ2n) is 12.3. The van der Waals surface area contributed by atoms with Crippen LogP contribution in [0.3, 0.4) is 0 Å². The Hall–Kier alpha value is -3.44. The van der Waals surface area contributed by atoms with Gasteiger partial charge >= 0.3 is 0 Å². The first kappa shape index (κ1) is 30.2. The number of aliphatic hydroxyl groups is 1. The van der Waals surface area contributed by atoms with Gasteiger partial charge in [-0.2, -0.15) is 0 Å². The van der Waals surface area contributed by atoms with Crippen molar-refractivity contribution in [3.63, 3.8) is 0 Å². The molecule has 4 fully saturated rings. The van der Waals surface area contributed by atoms with Gasteiger partial charge in [0.2, 0.25) is 11.8 Å². The summed E-state index contributed by atoms with van der Waals surface area (Å²) >= 11 is 14.5. The summed E-state index contributed by atoms with van der Waals surface area (Å²) in [5, 5.41) is 9.13. The number of hydrogen-bond donors (Lipinski definition) is 1. The van der Waals surface area contributed by atoms with Gasteiger partial charge in [-0.15, -0.1) is 23.2 Å². The second-order valence-corrected chi connectivity index (χ2v) is 13.5. The van der Waals surface area contributed by atoms with Crippen LogP contribution >= 0.6 is 23.2 Å². The van der Waals surface area contributed by atoms with Crippen molar-refractivity contribution < 1.29 is 33.8 Å². The van der Waals surface area contributed by atoms with Crippen LogP contribution in [0.2, 0.25) is 0 Å². The Morgan fingerprint density at radius 3 is 2.24 bits per heavy atom. The summed E-state index contributed by atoms with van der Waals surface area (Å²) in [7, 11) is 1.37. The molecule has 7 rings (SSSR count). The lowest BCUT2D eigenvalue weighted by atomic mass is 9.56. The van der Waals surface area contributed by atoms with E-state index >= 15 is 0 Å². The summed E-state index contributed by atoms with van der Waals surface area (Å²) in [6, 6.07) is 14.3. The molecule has 2 aromatic rings. The molecule has 0 spiro atoms. The van der Waals surface area contributed by atoms with Crippen molar-refractivity contribution in [1.82, 2.24) is 4.90 Å². The van der Waals surface area contributed by atoms with Gasteiger partial charge in [0.15, 0.2) is 9.75 Å². The van der Waals surface area contributed by atoms with E-state index in [1.54, 1.807) is 36.4 Å². The number of halogens is 2. The summed E-state index contributed by atoms with van der Waals surface area (Å²) < 4.78 is 11.0. The van der Waals surface area contributed by atoms with Crippen molar-refractivity contribution in [2.24, 2.45) is 17.8 Å². The zero-order chi connectivity index (χ0) is 31.7. The van der Waals surface area contributed by atoms with Gasteiger partial charge in [0, 0.05) is 31.7 Å². The van der Waals surface area contributed by atoms with Crippen molar-refractivity contribution in [2.45, 2.75) is 28.5 Å². The van der Waals surface area contributed by atoms with Gasteiger partial charge in [-0.1, -0.05) is 23.8 Å². The molecule has 3 saturated heterocycles. The maximum absolute atomic E-state index is 14.2. The number of fused-ring (bicyclic) bond motifs is 4. The number of amides is 4. The number of allylic oxidation sites excluding steroid dienone is 2. The average molecular weight is 655 g/mol. The molecule has 0 aromatic heterocycles. The second kappa shape index (κ2) is 11.1. The molecule has 2 aromatic carbocycles. The first-order valence-electron chi connectivity index (χ1n) is 15.2. The van der Waals surface area contributed by atoms with Crippen molar-refractivity contribution >= 4 is 58.2 Å². The van der Waals surface area contributed by atoms with Crippen LogP contribution in [0.1, 0.15) is 24.3 Å². The smallest absolute Gasteiger partial charge is 0.253 e. The number of benzene rings is 2. The molecule has 4 amide bonds. The molecule has 2 aliphatic carbocycles. The Morgan fingerprint density at radius 1 is 0.911 bits per heavy atom. The lowest BCUT2D eigenvalue weighted by Gasteiger charge is -2.50. The van der Waals surface area contributed by atoms with E-state index in [1.165, 1.54) is 11.9 Å². The number of imide groups is 2. The minimum atomic E-state index is -1.84. The number of carbonyl (C=O) groups excluding carboxylic acids is 4. The number of anilines is 2. The summed E-state index contributed by atoms with van der Waals surface area (Å²) in [6.07, 6.45) is 2.15. The highest BCUT2D eigenvalue weighted by molar-refractivity contribution is 6.53. The van der Waals surface area contributed by atoms with Crippen molar-refractivity contribution in [2.75, 3.05) is 56.4 Å². The monoisotopic (exact) mass is 653 g/mol. The Balaban J connectivity index is 1.26. The van der Waals surface area contributed by atoms with Crippen LogP contribution in [-0.2, 0) is 23.9 Å². The molecule has 1 N–H and O–H groups in total. The highest BCUT2D eigenvalue weighted by Gasteiger charge is 2.75. The van der Waals surface area contributed by atoms with Crippen LogP contribution in [0.5, 0.6) is 5.75 Å². The normalized spacial score (nSPS) is 32.8. The van der Waals surface area contributed by atoms with E-state index in [0.717, 1.165) is 29.2 Å². The molecule has 10 nitrogen and oxygen atoms in total. The number of ether oxygens (including phenoxy) is 2. The number of aliphatic hydroxyl groups excluding tert-OH is 1. The summed E-state index contributed by atoms with van der Waals surface area (Å²) in [4.78, 5) is 56.2. The van der Waals surface area contributed by atoms with Crippen LogP contribution in [0.25, 0.3) is 0 Å². The molecular formula is C33H33Cl2N3O7. The molecule has 6 unspecified atom stereocenters. The zero-order valence-electron chi connectivity index (χ0n) is 24.7. The highest BCUT2D eigenvalue weighted by atomic mass is 35.5. The van der Waals surface area contributed by atoms with E-state index < -0.39 is 45.2 Å². The van der Waals surface area contributed by atoms with Gasteiger partial charge in [-0.05, 0) is 60.7 Å². The first-order chi connectivity index (χ1) is 21.6. The van der Waals surface area contributed by atoms with E-state index in [0.29, 0.717) is 30.2 Å². The molecule has 6 atom stereocenters. The fraction of sp³-hybridized carbons (Fsp3) is 0.455. The molecule has 1 saturated carbocycles. The topological polar surface area (TPSA) is 117 Å². The van der Waals surface area contributed by atoms with Crippen LogP contribution in [0, 0.1) is 17.8 Å². The van der Waals surface area contributed by atoms with E-state index in [9.17, 15) is 19.2 Å². The highest BCUT2D eigenvalue weighted by Crippen LogP contribution is 2.65. The molecule has 3 aliphatic heterocycles. The van der Waals surface area contributed by atoms with Gasteiger partial charge < -0.3 is 19.5 Å². The Labute approximate surface area is 270 Å². The summed E-state index contributed by atoms with van der Waals surface area (Å²) in [6.45, 7) is 2.78. The van der Waals surface area contributed by atoms with Crippen molar-refractivity contribution in [1.29, 1.82) is 0 Å². The number of alkyl halides is 2. The zero-order valence-corrected chi connectivity index (χ0v) is 26.2. The van der Waals surface area contributed by atoms with E-state index in [-0.39, 0.29) is 37.9 Å². The predicted molar refractivity (Wildman–Crippen MR) is 166 cm³/mol. The molecule has 236 valence electrons. The van der Waals surface area contributed by atoms with Gasteiger partial charge in [-0.25, -0.2) is 0 Å². The summed E-state index contributed by atoms with van der Waals surface area (Å²) in [5.41, 5.74) is 2.84. The molecule has 0 radical (unpaired) electrons. The maximum Gasteiger partial charge on any atom is 0.253 e. The molecule has 5 aliphatic rings. The first-order valence-corrected chi connectivity index (χ1v) is 15.9. The molecule has 45 heavy (non-hydrogen) atoms. The van der Waals surface area contributed by atoms with Crippen LogP contribution in [0.4, 0.5) is 11.4 Å². The maximum atomic E-state index is 14.2. The molecule has 0 bridgehead atoms. The Morgan fingerprint density at radius 2 is 1.58 bits per heavy atom. The third-order valence-electron chi connectivity index (χ3n) is 10.1. The fourth-order valence-electron chi connectivity index (χ4n) is 7.93. The fourth-order valence-corrected chi connectivity index (χ4v) is 8.95. The van der Waals surface area contributed by atoms with Gasteiger partial charge in [0.25, 0.3) is 11.8 Å². The van der Waals surface area contributed by atoms with Gasteiger partial charge in [-0.3, -0.25) is 29.0 Å². The van der Waals surface area contributed by atoms with Gasteiger partial charge in [0.05, 0.1) is 37.3 Å². The number of likely N-dealkylation sites (tertiary alicyclic amines) is 1. The van der Waals surface area contributed by atoms with Crippen LogP contribution in [0.15, 0.2) is 60.2 Å². The van der Waals surface area contributed by atoms with E-state index in [1.807, 2.05) is 18.2 Å². The number of hydrogen-bond acceptors (Lipinski definition) is 8. The summed E-state index contributed by atoms with van der Waals surface area (Å²) in [5.74, 6) is -4.19. The lowest BCUT2D eigenvalue weighted by Crippen LogP contribution is -2.60. The minimum Gasteiger partial charge on any atom is -0.491 e. The Bertz CT molecular complexity index is 1590. The van der Waals surface area contributed by atoms with E-state index in [2.05, 4.69) is 4.90 Å². The van der Waals surface area contributed by atoms with Gasteiger partial charge in [0.1, 0.15) is 12.4 Å². The third-order valence-corrected chi connectivity index (χ3v) is 11.5. The predicted octanol–water partition coefficient (Wildman–Crippen LogP) is 3.09. The largest absolute Gasteiger partial charge is 0.491 e. The van der Waals surface area contributed by atoms with Crippen LogP contribution in [-0.4, -0.2) is 89.9 Å². The number of carbonyl (C=O) groups is 4. The van der Waals surface area contributed by atoms with Crippen LogP contribution < -0.4 is 14.5 Å². The van der Waals surface area contributed by atoms with Crippen molar-refractivity contribution in [3.05, 3.63) is 65.7 Å². The molecular weight excluding hydrogens is 621 g/mol. The third kappa shape index (κ3) is 4.36. The number of nitrogens with zero attached hydrogens (tertiary/aromatic N) is 3. The number of morpholine rings is 1. The SMILES string of the molecule is CN1C(=O)C2(Cl)CC3C(=CCC4C(=O)N(c5ccc(N6CCOCC6)cc5)C(=O)C43)C(c3ccc(OCCO)cc3)C2(Cl)C1=O. The lowest BCUT2D eigenvalue weighted by molar-refractivity contribution is -0.138. The minimum absolute atomic E-state index is 0.0585. The molecule has 3 heterocycles. The molecule has 12 heteroatoms. The van der Waals surface area contributed by atoms with E-state index in [4.69, 9.17) is 37.8 Å². The quantitative estimate of drug-likeness (QED) is 0.287. The average Bonchev–Trinajstić information content (AvgIpc) is 3.39. The standard InChI is InChI=1S/C33H33Cl2N3O7/c1-36-30(42)32(34)18-25-23(27(33(32,35)31(36)43)19-2-8-22(9-3-19)45-17-14-39)10-11-24-26(25)29(41)38(28(24)40)21-6-4-20(5-7-21)37-12-15-44-16-13-37/h2-10,24-27,39H,11-18H2,1H3.